The predicted octanol–water partition coefficient (Wildman–Crippen LogP) is 11.2. The van der Waals surface area contributed by atoms with E-state index in [0.717, 1.165) is 44.6 Å². The number of aromatic nitrogens is 3. The van der Waals surface area contributed by atoms with Crippen LogP contribution in [0.3, 0.4) is 0 Å². The minimum Gasteiger partial charge on any atom is -0.310 e. The van der Waals surface area contributed by atoms with Crippen LogP contribution in [0.15, 0.2) is 176 Å². The number of para-hydroxylation sites is 2. The highest BCUT2D eigenvalue weighted by Gasteiger charge is 2.16. The molecule has 7 aromatic carbocycles. The molecule has 0 fully saturated rings. The second-order valence-corrected chi connectivity index (χ2v) is 11.7. The van der Waals surface area contributed by atoms with E-state index in [-0.39, 0.29) is 0 Å². The first-order valence-electron chi connectivity index (χ1n) is 15.6. The van der Waals surface area contributed by atoms with Gasteiger partial charge in [-0.2, -0.15) is 0 Å². The van der Waals surface area contributed by atoms with Crippen LogP contribution in [0.5, 0.6) is 0 Å². The molecule has 0 amide bonds. The Hall–Kier alpha value is -6.19. The molecule has 3 nitrogen and oxygen atoms in total. The third-order valence-corrected chi connectivity index (χ3v) is 9.00. The van der Waals surface area contributed by atoms with Crippen LogP contribution in [-0.2, 0) is 0 Å². The fourth-order valence-corrected chi connectivity index (χ4v) is 6.98. The summed E-state index contributed by atoms with van der Waals surface area (Å²) in [5, 5.41) is 4.75. The van der Waals surface area contributed by atoms with E-state index >= 15 is 0 Å². The highest BCUT2D eigenvalue weighted by atomic mass is 15.0. The smallest absolute Gasteiger partial charge is 0.0541 e. The molecule has 0 saturated carbocycles. The molecule has 0 aliphatic heterocycles. The lowest BCUT2D eigenvalue weighted by atomic mass is 9.95. The second kappa shape index (κ2) is 10.8. The summed E-state index contributed by atoms with van der Waals surface area (Å²) >= 11 is 0. The molecular weight excluding hydrogens is 558 g/mol. The topological polar surface area (TPSA) is 22.8 Å². The number of pyridine rings is 1. The maximum absolute atomic E-state index is 4.52. The van der Waals surface area contributed by atoms with Gasteiger partial charge < -0.3 is 9.13 Å². The molecule has 0 aliphatic rings. The predicted molar refractivity (Wildman–Crippen MR) is 193 cm³/mol. The van der Waals surface area contributed by atoms with Crippen molar-refractivity contribution < 1.29 is 0 Å². The van der Waals surface area contributed by atoms with Gasteiger partial charge in [0.2, 0.25) is 0 Å². The van der Waals surface area contributed by atoms with Crippen LogP contribution in [0.2, 0.25) is 0 Å². The van der Waals surface area contributed by atoms with Crippen molar-refractivity contribution in [1.82, 2.24) is 14.1 Å². The average molecular weight is 588 g/mol. The summed E-state index contributed by atoms with van der Waals surface area (Å²) in [4.78, 5) is 4.52. The van der Waals surface area contributed by atoms with Crippen LogP contribution < -0.4 is 0 Å². The Bertz CT molecular complexity index is 2360. The number of hydrogen-bond donors (Lipinski definition) is 0. The van der Waals surface area contributed by atoms with Gasteiger partial charge in [0.05, 0.1) is 11.0 Å². The molecule has 2 aromatic heterocycles. The lowest BCUT2D eigenvalue weighted by Gasteiger charge is -2.21. The SMILES string of the molecule is c1ccc(-c2cc3cc4c2cccc4n(-c2ccccc2)c2cc(-c4cccnc4)c4cccc(c4c2)n3-c2ccccc2)cc1. The fourth-order valence-electron chi connectivity index (χ4n) is 6.98. The van der Waals surface area contributed by atoms with Crippen LogP contribution in [0, 0.1) is 0 Å². The van der Waals surface area contributed by atoms with Gasteiger partial charge in [0.15, 0.2) is 0 Å². The van der Waals surface area contributed by atoms with Gasteiger partial charge in [-0.15, -0.1) is 0 Å². The minimum absolute atomic E-state index is 1.09. The van der Waals surface area contributed by atoms with Crippen molar-refractivity contribution in [2.75, 3.05) is 0 Å². The van der Waals surface area contributed by atoms with E-state index in [9.17, 15) is 0 Å². The average Bonchev–Trinajstić information content (AvgIpc) is 3.13. The maximum Gasteiger partial charge on any atom is 0.0541 e. The molecule has 2 heterocycles. The zero-order valence-electron chi connectivity index (χ0n) is 25.1. The Balaban J connectivity index is 1.61. The third-order valence-electron chi connectivity index (χ3n) is 9.00. The Morgan fingerprint density at radius 1 is 0.370 bits per heavy atom. The first-order valence-corrected chi connectivity index (χ1v) is 15.6. The second-order valence-electron chi connectivity index (χ2n) is 11.7. The van der Waals surface area contributed by atoms with E-state index < -0.39 is 0 Å². The van der Waals surface area contributed by atoms with Gasteiger partial charge >= 0.3 is 0 Å². The minimum atomic E-state index is 1.09. The van der Waals surface area contributed by atoms with E-state index in [2.05, 4.69) is 172 Å². The highest BCUT2D eigenvalue weighted by molar-refractivity contribution is 6.11. The molecule has 0 radical (unpaired) electrons. The molecule has 0 saturated heterocycles. The van der Waals surface area contributed by atoms with Gasteiger partial charge in [0, 0.05) is 51.1 Å². The van der Waals surface area contributed by atoms with Crippen LogP contribution in [0.1, 0.15) is 0 Å². The van der Waals surface area contributed by atoms with Crippen LogP contribution >= 0.6 is 0 Å². The fraction of sp³-hybridized carbons (Fsp3) is 0. The first-order chi connectivity index (χ1) is 22.8. The summed E-state index contributed by atoms with van der Waals surface area (Å²) in [6, 6.07) is 59.1. The van der Waals surface area contributed by atoms with Crippen molar-refractivity contribution in [3.63, 3.8) is 0 Å². The molecule has 4 bridgehead atoms. The van der Waals surface area contributed by atoms with Gasteiger partial charge in [0.1, 0.15) is 0 Å². The third kappa shape index (κ3) is 4.25. The van der Waals surface area contributed by atoms with E-state index in [1.165, 1.54) is 32.7 Å². The van der Waals surface area contributed by atoms with Crippen molar-refractivity contribution in [2.24, 2.45) is 0 Å². The molecular formula is C43H29N3. The Morgan fingerprint density at radius 3 is 1.35 bits per heavy atom. The van der Waals surface area contributed by atoms with Gasteiger partial charge in [-0.3, -0.25) is 4.98 Å². The van der Waals surface area contributed by atoms with Crippen LogP contribution in [0.25, 0.3) is 77.2 Å². The monoisotopic (exact) mass is 587 g/mol. The largest absolute Gasteiger partial charge is 0.310 e. The lowest BCUT2D eigenvalue weighted by Crippen LogP contribution is -2.02. The van der Waals surface area contributed by atoms with Gasteiger partial charge in [-0.1, -0.05) is 97.1 Å². The summed E-state index contributed by atoms with van der Waals surface area (Å²) in [6.07, 6.45) is 3.80. The summed E-state index contributed by atoms with van der Waals surface area (Å²) in [7, 11) is 0. The van der Waals surface area contributed by atoms with E-state index in [4.69, 9.17) is 0 Å². The number of fused-ring (bicyclic) bond motifs is 2. The molecule has 216 valence electrons. The van der Waals surface area contributed by atoms with Crippen molar-refractivity contribution in [1.29, 1.82) is 0 Å². The van der Waals surface area contributed by atoms with E-state index in [0.29, 0.717) is 0 Å². The number of benzene rings is 7. The first kappa shape index (κ1) is 26.2. The summed E-state index contributed by atoms with van der Waals surface area (Å²) in [6.45, 7) is 0. The molecule has 0 atom stereocenters. The number of rotatable bonds is 4. The molecule has 0 unspecified atom stereocenters. The van der Waals surface area contributed by atoms with Gasteiger partial charge in [-0.25, -0.2) is 0 Å². The summed E-state index contributed by atoms with van der Waals surface area (Å²) in [5.74, 6) is 0. The molecule has 9 rings (SSSR count). The lowest BCUT2D eigenvalue weighted by molar-refractivity contribution is 1.15. The van der Waals surface area contributed by atoms with E-state index in [1.807, 2.05) is 18.5 Å². The van der Waals surface area contributed by atoms with Crippen molar-refractivity contribution in [3.8, 4) is 33.6 Å². The van der Waals surface area contributed by atoms with E-state index in [1.54, 1.807) is 0 Å². The molecule has 0 aliphatic carbocycles. The summed E-state index contributed by atoms with van der Waals surface area (Å²) in [5.41, 5.74) is 11.3. The molecule has 0 spiro atoms. The highest BCUT2D eigenvalue weighted by Crippen LogP contribution is 2.39. The van der Waals surface area contributed by atoms with Crippen molar-refractivity contribution in [2.45, 2.75) is 0 Å². The zero-order chi connectivity index (χ0) is 30.5. The van der Waals surface area contributed by atoms with Crippen LogP contribution in [0.4, 0.5) is 0 Å². The maximum atomic E-state index is 4.52. The molecule has 3 heteroatoms. The zero-order valence-corrected chi connectivity index (χ0v) is 25.1. The Morgan fingerprint density at radius 2 is 0.848 bits per heavy atom. The van der Waals surface area contributed by atoms with Crippen molar-refractivity contribution in [3.05, 3.63) is 176 Å². The van der Waals surface area contributed by atoms with Crippen LogP contribution in [-0.4, -0.2) is 14.1 Å². The van der Waals surface area contributed by atoms with Crippen molar-refractivity contribution >= 4 is 43.6 Å². The van der Waals surface area contributed by atoms with Gasteiger partial charge in [0.25, 0.3) is 0 Å². The molecule has 0 N–H and O–H groups in total. The molecule has 9 aromatic rings. The number of hydrogen-bond acceptors (Lipinski definition) is 1. The molecule has 46 heavy (non-hydrogen) atoms. The Labute approximate surface area is 266 Å². The van der Waals surface area contributed by atoms with Gasteiger partial charge in [-0.05, 0) is 94.2 Å². The normalized spacial score (nSPS) is 11.5. The number of nitrogens with zero attached hydrogens (tertiary/aromatic N) is 3. The summed E-state index contributed by atoms with van der Waals surface area (Å²) < 4.78 is 4.83. The Kier molecular flexibility index (Phi) is 6.14. The standard InChI is InChI=1S/C43H29N3/c1-4-13-30(14-5-1)38-25-34-27-40-36(38)20-10-22-42(40)46(33-18-8-3-9-19-33)35-26-39(31-15-12-24-44-29-31)37-21-11-23-43(41(37)28-35)45(34)32-16-6-2-7-17-32/h1-29H. The quantitative estimate of drug-likeness (QED) is 0.201.